The molecule has 18 heavy (non-hydrogen) atoms. The second-order valence-corrected chi connectivity index (χ2v) is 5.75. The third-order valence-corrected chi connectivity index (χ3v) is 4.06. The lowest BCUT2D eigenvalue weighted by atomic mass is 10.1. The van der Waals surface area contributed by atoms with Crippen molar-refractivity contribution in [3.05, 3.63) is 10.6 Å². The van der Waals surface area contributed by atoms with Crippen molar-refractivity contribution in [3.8, 4) is 0 Å². The normalized spacial score (nSPS) is 19.8. The van der Waals surface area contributed by atoms with Gasteiger partial charge in [-0.1, -0.05) is 18.3 Å². The van der Waals surface area contributed by atoms with Crippen LogP contribution in [0.3, 0.4) is 0 Å². The Morgan fingerprint density at radius 3 is 3.06 bits per heavy atom. The molecular weight excluding hydrogens is 248 g/mol. The van der Waals surface area contributed by atoms with Crippen LogP contribution in [0.15, 0.2) is 0 Å². The lowest BCUT2D eigenvalue weighted by Crippen LogP contribution is -2.40. The standard InChI is InChI=1S/C12H20N4OS/c1-8(2)10-11(18-15-14-10)12(17)16-6-4-5-9(16)7-13-3/h8-9,13H,4-7H2,1-3H3. The molecule has 1 saturated heterocycles. The summed E-state index contributed by atoms with van der Waals surface area (Å²) in [5.74, 6) is 0.347. The van der Waals surface area contributed by atoms with E-state index in [1.54, 1.807) is 0 Å². The molecule has 5 nitrogen and oxygen atoms in total. The summed E-state index contributed by atoms with van der Waals surface area (Å²) in [7, 11) is 1.93. The third kappa shape index (κ3) is 2.54. The van der Waals surface area contributed by atoms with Crippen LogP contribution in [0.25, 0.3) is 0 Å². The number of rotatable bonds is 4. The van der Waals surface area contributed by atoms with Crippen LogP contribution in [0.4, 0.5) is 0 Å². The van der Waals surface area contributed by atoms with Crippen molar-refractivity contribution < 1.29 is 4.79 Å². The van der Waals surface area contributed by atoms with Gasteiger partial charge in [0.25, 0.3) is 5.91 Å². The molecule has 1 aliphatic heterocycles. The van der Waals surface area contributed by atoms with E-state index in [2.05, 4.69) is 14.9 Å². The average Bonchev–Trinajstić information content (AvgIpc) is 2.96. The highest BCUT2D eigenvalue weighted by Crippen LogP contribution is 2.25. The maximum Gasteiger partial charge on any atom is 0.267 e. The number of nitrogens with zero attached hydrogens (tertiary/aromatic N) is 3. The molecule has 1 aromatic rings. The zero-order valence-corrected chi connectivity index (χ0v) is 12.0. The minimum Gasteiger partial charge on any atom is -0.334 e. The van der Waals surface area contributed by atoms with Gasteiger partial charge in [-0.15, -0.1) is 5.10 Å². The quantitative estimate of drug-likeness (QED) is 0.898. The predicted octanol–water partition coefficient (Wildman–Crippen LogP) is 1.49. The van der Waals surface area contributed by atoms with Gasteiger partial charge in [0.2, 0.25) is 0 Å². The maximum absolute atomic E-state index is 12.5. The fourth-order valence-electron chi connectivity index (χ4n) is 2.41. The largest absolute Gasteiger partial charge is 0.334 e. The molecule has 1 aliphatic rings. The van der Waals surface area contributed by atoms with Crippen molar-refractivity contribution in [2.75, 3.05) is 20.1 Å². The summed E-state index contributed by atoms with van der Waals surface area (Å²) in [5.41, 5.74) is 0.833. The molecular formula is C12H20N4OS. The molecule has 6 heteroatoms. The molecule has 1 amide bonds. The second kappa shape index (κ2) is 5.75. The van der Waals surface area contributed by atoms with E-state index in [-0.39, 0.29) is 11.8 Å². The Kier molecular flexibility index (Phi) is 4.29. The van der Waals surface area contributed by atoms with E-state index < -0.39 is 0 Å². The number of aromatic nitrogens is 2. The van der Waals surface area contributed by atoms with Crippen LogP contribution < -0.4 is 5.32 Å². The molecule has 1 N–H and O–H groups in total. The van der Waals surface area contributed by atoms with Crippen molar-refractivity contribution in [1.82, 2.24) is 19.8 Å². The summed E-state index contributed by atoms with van der Waals surface area (Å²) >= 11 is 1.22. The summed E-state index contributed by atoms with van der Waals surface area (Å²) in [4.78, 5) is 15.2. The fourth-order valence-corrected chi connectivity index (χ4v) is 3.18. The molecule has 1 fully saturated rings. The van der Waals surface area contributed by atoms with E-state index in [0.717, 1.165) is 31.6 Å². The first-order valence-electron chi connectivity index (χ1n) is 6.43. The Labute approximate surface area is 112 Å². The topological polar surface area (TPSA) is 58.1 Å². The first kappa shape index (κ1) is 13.4. The predicted molar refractivity (Wildman–Crippen MR) is 72.0 cm³/mol. The highest BCUT2D eigenvalue weighted by molar-refractivity contribution is 7.08. The van der Waals surface area contributed by atoms with Crippen LogP contribution in [-0.2, 0) is 0 Å². The highest BCUT2D eigenvalue weighted by atomic mass is 32.1. The van der Waals surface area contributed by atoms with E-state index in [1.165, 1.54) is 11.5 Å². The number of hydrogen-bond acceptors (Lipinski definition) is 5. The summed E-state index contributed by atoms with van der Waals surface area (Å²) < 4.78 is 3.94. The van der Waals surface area contributed by atoms with Crippen molar-refractivity contribution in [2.45, 2.75) is 38.6 Å². The lowest BCUT2D eigenvalue weighted by Gasteiger charge is -2.24. The van der Waals surface area contributed by atoms with Crippen molar-refractivity contribution >= 4 is 17.4 Å². The molecule has 0 bridgehead atoms. The minimum absolute atomic E-state index is 0.103. The Bertz CT molecular complexity index is 418. The molecule has 1 atom stereocenters. The smallest absolute Gasteiger partial charge is 0.267 e. The SMILES string of the molecule is CNCC1CCCN1C(=O)c1snnc1C(C)C. The van der Waals surface area contributed by atoms with Crippen LogP contribution in [-0.4, -0.2) is 46.6 Å². The van der Waals surface area contributed by atoms with Crippen LogP contribution in [0.5, 0.6) is 0 Å². The zero-order valence-electron chi connectivity index (χ0n) is 11.1. The lowest BCUT2D eigenvalue weighted by molar-refractivity contribution is 0.0740. The fraction of sp³-hybridized carbons (Fsp3) is 0.750. The molecule has 0 radical (unpaired) electrons. The van der Waals surface area contributed by atoms with Crippen molar-refractivity contribution in [2.24, 2.45) is 0 Å². The molecule has 2 heterocycles. The van der Waals surface area contributed by atoms with Gasteiger partial charge in [0.15, 0.2) is 0 Å². The van der Waals surface area contributed by atoms with Gasteiger partial charge in [0.05, 0.1) is 5.69 Å². The van der Waals surface area contributed by atoms with Gasteiger partial charge in [-0.2, -0.15) is 0 Å². The van der Waals surface area contributed by atoms with Crippen LogP contribution in [0.2, 0.25) is 0 Å². The monoisotopic (exact) mass is 268 g/mol. The molecule has 100 valence electrons. The van der Waals surface area contributed by atoms with Crippen LogP contribution in [0.1, 0.15) is 48.0 Å². The number of nitrogens with one attached hydrogen (secondary N) is 1. The summed E-state index contributed by atoms with van der Waals surface area (Å²) in [6, 6.07) is 0.310. The number of likely N-dealkylation sites (tertiary alicyclic amines) is 1. The van der Waals surface area contributed by atoms with Crippen molar-refractivity contribution in [3.63, 3.8) is 0 Å². The first-order chi connectivity index (χ1) is 8.65. The van der Waals surface area contributed by atoms with Gasteiger partial charge < -0.3 is 10.2 Å². The molecule has 0 saturated carbocycles. The van der Waals surface area contributed by atoms with Gasteiger partial charge in [0, 0.05) is 19.1 Å². The van der Waals surface area contributed by atoms with E-state index >= 15 is 0 Å². The Hall–Kier alpha value is -1.01. The molecule has 1 unspecified atom stereocenters. The van der Waals surface area contributed by atoms with Gasteiger partial charge >= 0.3 is 0 Å². The maximum atomic E-state index is 12.5. The zero-order chi connectivity index (χ0) is 13.1. The van der Waals surface area contributed by atoms with Gasteiger partial charge in [-0.3, -0.25) is 4.79 Å². The van der Waals surface area contributed by atoms with E-state index in [9.17, 15) is 4.79 Å². The number of carbonyl (C=O) groups excluding carboxylic acids is 1. The Balaban J connectivity index is 2.17. The van der Waals surface area contributed by atoms with E-state index in [1.807, 2.05) is 25.8 Å². The number of hydrogen-bond donors (Lipinski definition) is 1. The summed E-state index contributed by atoms with van der Waals surface area (Å²) in [6.45, 7) is 5.79. The highest BCUT2D eigenvalue weighted by Gasteiger charge is 2.31. The minimum atomic E-state index is 0.103. The first-order valence-corrected chi connectivity index (χ1v) is 7.20. The van der Waals surface area contributed by atoms with Crippen molar-refractivity contribution in [1.29, 1.82) is 0 Å². The molecule has 1 aromatic heterocycles. The number of amides is 1. The average molecular weight is 268 g/mol. The van der Waals surface area contributed by atoms with Crippen LogP contribution in [0, 0.1) is 0 Å². The number of likely N-dealkylation sites (N-methyl/N-ethyl adjacent to an activating group) is 1. The Morgan fingerprint density at radius 2 is 2.39 bits per heavy atom. The van der Waals surface area contributed by atoms with Crippen LogP contribution >= 0.6 is 11.5 Å². The second-order valence-electron chi connectivity index (χ2n) is 4.99. The van der Waals surface area contributed by atoms with E-state index in [0.29, 0.717) is 10.9 Å². The van der Waals surface area contributed by atoms with Gasteiger partial charge in [0.1, 0.15) is 4.88 Å². The Morgan fingerprint density at radius 1 is 1.61 bits per heavy atom. The number of carbonyl (C=O) groups is 1. The summed E-state index contributed by atoms with van der Waals surface area (Å²) in [6.07, 6.45) is 2.16. The summed E-state index contributed by atoms with van der Waals surface area (Å²) in [5, 5.41) is 7.24. The molecule has 2 rings (SSSR count). The third-order valence-electron chi connectivity index (χ3n) is 3.33. The van der Waals surface area contributed by atoms with Gasteiger partial charge in [-0.25, -0.2) is 0 Å². The van der Waals surface area contributed by atoms with E-state index in [4.69, 9.17) is 0 Å². The molecule has 0 aromatic carbocycles. The molecule has 0 aliphatic carbocycles. The van der Waals surface area contributed by atoms with Gasteiger partial charge in [-0.05, 0) is 37.3 Å². The molecule has 0 spiro atoms.